The van der Waals surface area contributed by atoms with Crippen molar-refractivity contribution in [2.75, 3.05) is 11.9 Å². The third-order valence-electron chi connectivity index (χ3n) is 4.20. The van der Waals surface area contributed by atoms with Crippen LogP contribution in [0.1, 0.15) is 11.1 Å². The first-order valence-corrected chi connectivity index (χ1v) is 10.1. The number of carbonyl (C=O) groups excluding carboxylic acids is 1. The molecule has 8 nitrogen and oxygen atoms in total. The van der Waals surface area contributed by atoms with Gasteiger partial charge in [-0.2, -0.15) is 5.10 Å². The topological polar surface area (TPSA) is 106 Å². The van der Waals surface area contributed by atoms with Crippen LogP contribution >= 0.6 is 23.2 Å². The van der Waals surface area contributed by atoms with Gasteiger partial charge in [0.25, 0.3) is 11.6 Å². The number of anilines is 1. The highest BCUT2D eigenvalue weighted by Crippen LogP contribution is 2.23. The van der Waals surface area contributed by atoms with Crippen molar-refractivity contribution in [1.29, 1.82) is 0 Å². The van der Waals surface area contributed by atoms with Crippen molar-refractivity contribution in [2.24, 2.45) is 5.10 Å². The van der Waals surface area contributed by atoms with Gasteiger partial charge in [0, 0.05) is 33.4 Å². The Bertz CT molecular complexity index is 1140. The minimum Gasteiger partial charge on any atom is -0.489 e. The molecule has 32 heavy (non-hydrogen) atoms. The van der Waals surface area contributed by atoms with E-state index in [0.717, 1.165) is 11.1 Å². The molecule has 0 heterocycles. The highest BCUT2D eigenvalue weighted by Gasteiger charge is 2.06. The van der Waals surface area contributed by atoms with Gasteiger partial charge in [0.1, 0.15) is 12.4 Å². The van der Waals surface area contributed by atoms with Crippen LogP contribution in [0.3, 0.4) is 0 Å². The molecule has 3 rings (SSSR count). The van der Waals surface area contributed by atoms with E-state index in [4.69, 9.17) is 27.9 Å². The van der Waals surface area contributed by atoms with Gasteiger partial charge in [-0.05, 0) is 48.0 Å². The van der Waals surface area contributed by atoms with Crippen molar-refractivity contribution >= 4 is 46.7 Å². The van der Waals surface area contributed by atoms with E-state index in [1.165, 1.54) is 24.4 Å². The number of hydrogen-bond donors (Lipinski definition) is 2. The number of halogens is 2. The molecule has 3 aromatic carbocycles. The molecule has 0 fully saturated rings. The molecule has 0 saturated carbocycles. The first kappa shape index (κ1) is 23.1. The zero-order chi connectivity index (χ0) is 22.9. The van der Waals surface area contributed by atoms with Crippen molar-refractivity contribution in [3.05, 3.63) is 98.0 Å². The summed E-state index contributed by atoms with van der Waals surface area (Å²) in [6.07, 6.45) is 1.49. The lowest BCUT2D eigenvalue weighted by Crippen LogP contribution is -2.25. The number of nitro groups is 1. The Kier molecular flexibility index (Phi) is 8.02. The summed E-state index contributed by atoms with van der Waals surface area (Å²) in [7, 11) is 0. The molecular formula is C22H18Cl2N4O4. The molecule has 0 aliphatic carbocycles. The number of amides is 1. The molecule has 0 aliphatic rings. The maximum absolute atomic E-state index is 11.9. The van der Waals surface area contributed by atoms with Crippen LogP contribution in [0.4, 0.5) is 11.4 Å². The van der Waals surface area contributed by atoms with Crippen molar-refractivity contribution in [3.63, 3.8) is 0 Å². The van der Waals surface area contributed by atoms with Crippen LogP contribution in [0.15, 0.2) is 71.8 Å². The van der Waals surface area contributed by atoms with E-state index in [2.05, 4.69) is 15.8 Å². The Morgan fingerprint density at radius 3 is 2.59 bits per heavy atom. The van der Waals surface area contributed by atoms with Crippen molar-refractivity contribution in [1.82, 2.24) is 5.43 Å². The fraction of sp³-hybridized carbons (Fsp3) is 0.0909. The monoisotopic (exact) mass is 472 g/mol. The quantitative estimate of drug-likeness (QED) is 0.257. The Balaban J connectivity index is 1.44. The summed E-state index contributed by atoms with van der Waals surface area (Å²) in [4.78, 5) is 22.2. The first-order valence-electron chi connectivity index (χ1n) is 9.38. The molecule has 1 amide bonds. The number of ether oxygens (including phenoxy) is 1. The normalized spacial score (nSPS) is 10.7. The SMILES string of the molecule is O=C(CNc1cccc([N+](=O)[O-])c1)N/N=C/c1ccc(OCc2ccc(Cl)cc2Cl)cc1. The van der Waals surface area contributed by atoms with E-state index in [0.29, 0.717) is 28.1 Å². The van der Waals surface area contributed by atoms with Gasteiger partial charge >= 0.3 is 0 Å². The molecule has 0 spiro atoms. The molecule has 0 saturated heterocycles. The lowest BCUT2D eigenvalue weighted by molar-refractivity contribution is -0.384. The highest BCUT2D eigenvalue weighted by molar-refractivity contribution is 6.35. The number of carbonyl (C=O) groups is 1. The third-order valence-corrected chi connectivity index (χ3v) is 4.79. The van der Waals surface area contributed by atoms with Crippen LogP contribution in [0.5, 0.6) is 5.75 Å². The summed E-state index contributed by atoms with van der Waals surface area (Å²) in [5.74, 6) is 0.255. The van der Waals surface area contributed by atoms with Crippen LogP contribution in [-0.4, -0.2) is 23.6 Å². The van der Waals surface area contributed by atoms with E-state index in [1.54, 1.807) is 42.5 Å². The Labute approximate surface area is 194 Å². The van der Waals surface area contributed by atoms with Gasteiger partial charge in [0.05, 0.1) is 17.7 Å². The van der Waals surface area contributed by atoms with Crippen LogP contribution in [0.25, 0.3) is 0 Å². The summed E-state index contributed by atoms with van der Waals surface area (Å²) in [5.41, 5.74) is 4.38. The predicted molar refractivity (Wildman–Crippen MR) is 125 cm³/mol. The number of nitrogens with zero attached hydrogens (tertiary/aromatic N) is 2. The maximum atomic E-state index is 11.9. The average Bonchev–Trinajstić information content (AvgIpc) is 2.78. The summed E-state index contributed by atoms with van der Waals surface area (Å²) in [6, 6.07) is 18.2. The smallest absolute Gasteiger partial charge is 0.271 e. The van der Waals surface area contributed by atoms with E-state index in [1.807, 2.05) is 6.07 Å². The molecule has 2 N–H and O–H groups in total. The molecule has 3 aromatic rings. The molecule has 0 aliphatic heterocycles. The maximum Gasteiger partial charge on any atom is 0.271 e. The summed E-state index contributed by atoms with van der Waals surface area (Å²) < 4.78 is 5.72. The number of nitrogens with one attached hydrogen (secondary N) is 2. The minimum absolute atomic E-state index is 0.0582. The van der Waals surface area contributed by atoms with Gasteiger partial charge in [-0.3, -0.25) is 14.9 Å². The third kappa shape index (κ3) is 6.97. The van der Waals surface area contributed by atoms with E-state index >= 15 is 0 Å². The van der Waals surface area contributed by atoms with E-state index in [9.17, 15) is 14.9 Å². The van der Waals surface area contributed by atoms with Gasteiger partial charge in [-0.1, -0.05) is 35.3 Å². The second-order valence-electron chi connectivity index (χ2n) is 6.55. The number of rotatable bonds is 9. The summed E-state index contributed by atoms with van der Waals surface area (Å²) >= 11 is 12.0. The van der Waals surface area contributed by atoms with Crippen LogP contribution < -0.4 is 15.5 Å². The summed E-state index contributed by atoms with van der Waals surface area (Å²) in [6.45, 7) is 0.218. The molecule has 0 aromatic heterocycles. The second kappa shape index (κ2) is 11.1. The number of benzene rings is 3. The van der Waals surface area contributed by atoms with Crippen LogP contribution in [-0.2, 0) is 11.4 Å². The zero-order valence-corrected chi connectivity index (χ0v) is 18.1. The van der Waals surface area contributed by atoms with Crippen LogP contribution in [0, 0.1) is 10.1 Å². The molecule has 10 heteroatoms. The lowest BCUT2D eigenvalue weighted by atomic mass is 10.2. The first-order chi connectivity index (χ1) is 15.4. The van der Waals surface area contributed by atoms with Gasteiger partial charge in [-0.15, -0.1) is 0 Å². The largest absolute Gasteiger partial charge is 0.489 e. The number of hydrazone groups is 1. The fourth-order valence-corrected chi connectivity index (χ4v) is 3.04. The van der Waals surface area contributed by atoms with E-state index in [-0.39, 0.29) is 12.2 Å². The lowest BCUT2D eigenvalue weighted by Gasteiger charge is -2.08. The molecule has 0 atom stereocenters. The van der Waals surface area contributed by atoms with Gasteiger partial charge in [0.15, 0.2) is 0 Å². The van der Waals surface area contributed by atoms with Crippen molar-refractivity contribution < 1.29 is 14.5 Å². The van der Waals surface area contributed by atoms with Gasteiger partial charge < -0.3 is 10.1 Å². The Morgan fingerprint density at radius 1 is 1.09 bits per heavy atom. The molecule has 0 unspecified atom stereocenters. The molecule has 164 valence electrons. The van der Waals surface area contributed by atoms with Gasteiger partial charge in [-0.25, -0.2) is 5.43 Å². The number of nitro benzene ring substituents is 1. The molecule has 0 bridgehead atoms. The van der Waals surface area contributed by atoms with Crippen LogP contribution in [0.2, 0.25) is 10.0 Å². The molecular weight excluding hydrogens is 455 g/mol. The highest BCUT2D eigenvalue weighted by atomic mass is 35.5. The predicted octanol–water partition coefficient (Wildman–Crippen LogP) is 5.04. The van der Waals surface area contributed by atoms with Crippen molar-refractivity contribution in [2.45, 2.75) is 6.61 Å². The average molecular weight is 473 g/mol. The van der Waals surface area contributed by atoms with E-state index < -0.39 is 10.8 Å². The fourth-order valence-electron chi connectivity index (χ4n) is 2.58. The number of hydrogen-bond acceptors (Lipinski definition) is 6. The molecule has 0 radical (unpaired) electrons. The van der Waals surface area contributed by atoms with Gasteiger partial charge in [0.2, 0.25) is 0 Å². The standard InChI is InChI=1S/C22H18Cl2N4O4/c23-17-7-6-16(21(24)10-17)14-32-20-8-4-15(5-9-20)12-26-27-22(29)13-25-18-2-1-3-19(11-18)28(30)31/h1-12,25H,13-14H2,(H,27,29)/b26-12+. The Morgan fingerprint density at radius 2 is 1.88 bits per heavy atom. The summed E-state index contributed by atoms with van der Waals surface area (Å²) in [5, 5.41) is 18.6. The minimum atomic E-state index is -0.501. The second-order valence-corrected chi connectivity index (χ2v) is 7.39. The Hall–Kier alpha value is -3.62. The zero-order valence-electron chi connectivity index (χ0n) is 16.6. The number of non-ortho nitro benzene ring substituents is 1. The van der Waals surface area contributed by atoms with Crippen molar-refractivity contribution in [3.8, 4) is 5.75 Å².